The molecule has 164 valence electrons. The average molecular weight is 436 g/mol. The van der Waals surface area contributed by atoms with E-state index in [2.05, 4.69) is 20.4 Å². The first kappa shape index (κ1) is 22.4. The third-order valence-electron chi connectivity index (χ3n) is 5.01. The van der Waals surface area contributed by atoms with Gasteiger partial charge in [-0.1, -0.05) is 25.1 Å². The molecule has 1 saturated heterocycles. The molecule has 1 aromatic carbocycles. The zero-order valence-electron chi connectivity index (χ0n) is 17.7. The van der Waals surface area contributed by atoms with Crippen LogP contribution in [0.5, 0.6) is 0 Å². The number of carbonyl (C=O) groups is 1. The largest absolute Gasteiger partial charge is 0.339 e. The lowest BCUT2D eigenvalue weighted by molar-refractivity contribution is -0.116. The molecule has 0 radical (unpaired) electrons. The van der Waals surface area contributed by atoms with Crippen LogP contribution in [-0.2, 0) is 21.2 Å². The van der Waals surface area contributed by atoms with Gasteiger partial charge in [0, 0.05) is 50.6 Å². The van der Waals surface area contributed by atoms with E-state index in [9.17, 15) is 13.2 Å². The fourth-order valence-electron chi connectivity index (χ4n) is 3.14. The van der Waals surface area contributed by atoms with Crippen LogP contribution < -0.4 is 5.32 Å². The number of hydrogen-bond acceptors (Lipinski definition) is 7. The smallest absolute Gasteiger partial charge is 0.243 e. The monoisotopic (exact) mass is 435 g/mol. The SMILES string of the molecule is CC(C)c1noc(CCCC(=O)Nc2cccc(S(=O)(=O)N3CCN(C)CC3)c2)n1. The van der Waals surface area contributed by atoms with Gasteiger partial charge in [0.05, 0.1) is 4.90 Å². The van der Waals surface area contributed by atoms with Crippen molar-refractivity contribution in [1.29, 1.82) is 0 Å². The molecule has 1 aliphatic rings. The lowest BCUT2D eigenvalue weighted by Gasteiger charge is -2.31. The van der Waals surface area contributed by atoms with Gasteiger partial charge in [0.1, 0.15) is 0 Å². The van der Waals surface area contributed by atoms with Crippen LogP contribution in [0.4, 0.5) is 5.69 Å². The average Bonchev–Trinajstić information content (AvgIpc) is 3.18. The van der Waals surface area contributed by atoms with Gasteiger partial charge in [0.2, 0.25) is 21.8 Å². The number of likely N-dealkylation sites (N-methyl/N-ethyl adjacent to an activating group) is 1. The third kappa shape index (κ3) is 5.65. The summed E-state index contributed by atoms with van der Waals surface area (Å²) in [6.45, 7) is 6.30. The summed E-state index contributed by atoms with van der Waals surface area (Å²) >= 11 is 0. The number of carbonyl (C=O) groups excluding carboxylic acids is 1. The summed E-state index contributed by atoms with van der Waals surface area (Å²) in [5.41, 5.74) is 0.468. The van der Waals surface area contributed by atoms with Crippen LogP contribution in [0.2, 0.25) is 0 Å². The van der Waals surface area contributed by atoms with Crippen molar-refractivity contribution in [3.8, 4) is 0 Å². The van der Waals surface area contributed by atoms with Crippen molar-refractivity contribution in [2.24, 2.45) is 0 Å². The number of amides is 1. The Morgan fingerprint density at radius 2 is 1.97 bits per heavy atom. The standard InChI is InChI=1S/C20H29N5O4S/c1-15(2)20-22-19(29-23-20)9-5-8-18(26)21-16-6-4-7-17(14-16)30(27,28)25-12-10-24(3)11-13-25/h4,6-7,14-15H,5,8-13H2,1-3H3,(H,21,26). The second-order valence-electron chi connectivity index (χ2n) is 7.84. The Balaban J connectivity index is 1.54. The summed E-state index contributed by atoms with van der Waals surface area (Å²) in [7, 11) is -1.60. The highest BCUT2D eigenvalue weighted by Gasteiger charge is 2.27. The van der Waals surface area contributed by atoms with E-state index in [1.807, 2.05) is 20.9 Å². The van der Waals surface area contributed by atoms with Gasteiger partial charge in [-0.15, -0.1) is 0 Å². The van der Waals surface area contributed by atoms with Crippen LogP contribution >= 0.6 is 0 Å². The minimum atomic E-state index is -3.57. The molecule has 3 rings (SSSR count). The van der Waals surface area contributed by atoms with Crippen molar-refractivity contribution >= 4 is 21.6 Å². The summed E-state index contributed by atoms with van der Waals surface area (Å²) in [5, 5.41) is 6.68. The predicted octanol–water partition coefficient (Wildman–Crippen LogP) is 2.09. The molecule has 9 nitrogen and oxygen atoms in total. The molecule has 0 spiro atoms. The second-order valence-corrected chi connectivity index (χ2v) is 9.78. The first-order valence-electron chi connectivity index (χ1n) is 10.2. The van der Waals surface area contributed by atoms with Crippen molar-refractivity contribution in [3.05, 3.63) is 36.0 Å². The van der Waals surface area contributed by atoms with Crippen LogP contribution in [-0.4, -0.2) is 66.9 Å². The quantitative estimate of drug-likeness (QED) is 0.676. The topological polar surface area (TPSA) is 109 Å². The van der Waals surface area contributed by atoms with Crippen LogP contribution in [0.15, 0.2) is 33.7 Å². The van der Waals surface area contributed by atoms with Gasteiger partial charge in [0.15, 0.2) is 5.82 Å². The zero-order valence-corrected chi connectivity index (χ0v) is 18.5. The summed E-state index contributed by atoms with van der Waals surface area (Å²) in [6.07, 6.45) is 1.35. The molecule has 30 heavy (non-hydrogen) atoms. The zero-order chi connectivity index (χ0) is 21.7. The molecule has 1 aliphatic heterocycles. The van der Waals surface area contributed by atoms with Gasteiger partial charge < -0.3 is 14.7 Å². The van der Waals surface area contributed by atoms with Gasteiger partial charge in [0.25, 0.3) is 0 Å². The summed E-state index contributed by atoms with van der Waals surface area (Å²) in [5.74, 6) is 1.19. The maximum absolute atomic E-state index is 12.9. The molecule has 2 aromatic rings. The minimum Gasteiger partial charge on any atom is -0.339 e. The molecule has 2 heterocycles. The Morgan fingerprint density at radius 1 is 1.23 bits per heavy atom. The lowest BCUT2D eigenvalue weighted by atomic mass is 10.2. The van der Waals surface area contributed by atoms with E-state index in [0.29, 0.717) is 56.4 Å². The number of hydrogen-bond donors (Lipinski definition) is 1. The van der Waals surface area contributed by atoms with Gasteiger partial charge >= 0.3 is 0 Å². The molecule has 0 aliphatic carbocycles. The predicted molar refractivity (Wildman–Crippen MR) is 113 cm³/mol. The number of benzene rings is 1. The van der Waals surface area contributed by atoms with E-state index in [1.165, 1.54) is 10.4 Å². The molecule has 0 saturated carbocycles. The number of anilines is 1. The van der Waals surface area contributed by atoms with Crippen LogP contribution in [0.1, 0.15) is 44.3 Å². The Labute approximate surface area is 177 Å². The normalized spacial score (nSPS) is 16.1. The summed E-state index contributed by atoms with van der Waals surface area (Å²) in [4.78, 5) is 18.9. The Morgan fingerprint density at radius 3 is 2.63 bits per heavy atom. The van der Waals surface area contributed by atoms with Crippen molar-refractivity contribution in [2.45, 2.75) is 43.9 Å². The number of nitrogens with one attached hydrogen (secondary N) is 1. The molecular formula is C20H29N5O4S. The molecule has 10 heteroatoms. The summed E-state index contributed by atoms with van der Waals surface area (Å²) in [6, 6.07) is 6.40. The summed E-state index contributed by atoms with van der Waals surface area (Å²) < 4.78 is 32.4. The van der Waals surface area contributed by atoms with Crippen molar-refractivity contribution in [3.63, 3.8) is 0 Å². The number of sulfonamides is 1. The highest BCUT2D eigenvalue weighted by Crippen LogP contribution is 2.21. The third-order valence-corrected chi connectivity index (χ3v) is 6.91. The molecule has 1 N–H and O–H groups in total. The molecule has 0 atom stereocenters. The highest BCUT2D eigenvalue weighted by atomic mass is 32.2. The van der Waals surface area contributed by atoms with E-state index in [-0.39, 0.29) is 23.1 Å². The van der Waals surface area contributed by atoms with Crippen molar-refractivity contribution in [2.75, 3.05) is 38.5 Å². The van der Waals surface area contributed by atoms with Gasteiger partial charge in [-0.2, -0.15) is 9.29 Å². The van der Waals surface area contributed by atoms with Crippen LogP contribution in [0.3, 0.4) is 0 Å². The number of aryl methyl sites for hydroxylation is 1. The van der Waals surface area contributed by atoms with Crippen LogP contribution in [0.25, 0.3) is 0 Å². The first-order chi connectivity index (χ1) is 14.3. The number of rotatable bonds is 8. The maximum atomic E-state index is 12.9. The molecule has 0 unspecified atom stereocenters. The lowest BCUT2D eigenvalue weighted by Crippen LogP contribution is -2.47. The molecular weight excluding hydrogens is 406 g/mol. The van der Waals surface area contributed by atoms with Crippen molar-refractivity contribution < 1.29 is 17.7 Å². The van der Waals surface area contributed by atoms with E-state index < -0.39 is 10.0 Å². The van der Waals surface area contributed by atoms with Crippen molar-refractivity contribution in [1.82, 2.24) is 19.3 Å². The number of aromatic nitrogens is 2. The van der Waals surface area contributed by atoms with Gasteiger partial charge in [-0.05, 0) is 31.7 Å². The maximum Gasteiger partial charge on any atom is 0.243 e. The first-order valence-corrected chi connectivity index (χ1v) is 11.6. The van der Waals surface area contributed by atoms with E-state index >= 15 is 0 Å². The molecule has 1 aromatic heterocycles. The molecule has 0 bridgehead atoms. The van der Waals surface area contributed by atoms with Crippen LogP contribution in [0, 0.1) is 0 Å². The molecule has 1 fully saturated rings. The fourth-order valence-corrected chi connectivity index (χ4v) is 4.61. The second kappa shape index (κ2) is 9.67. The van der Waals surface area contributed by atoms with E-state index in [1.54, 1.807) is 18.2 Å². The van der Waals surface area contributed by atoms with Gasteiger partial charge in [-0.25, -0.2) is 8.42 Å². The number of nitrogens with zero attached hydrogens (tertiary/aromatic N) is 4. The molecule has 1 amide bonds. The Bertz CT molecular complexity index is 965. The highest BCUT2D eigenvalue weighted by molar-refractivity contribution is 7.89. The Kier molecular flexibility index (Phi) is 7.22. The fraction of sp³-hybridized carbons (Fsp3) is 0.550. The van der Waals surface area contributed by atoms with E-state index in [4.69, 9.17) is 4.52 Å². The van der Waals surface area contributed by atoms with Gasteiger partial charge in [-0.3, -0.25) is 4.79 Å². The Hall–Kier alpha value is -2.30. The van der Waals surface area contributed by atoms with E-state index in [0.717, 1.165) is 0 Å². The minimum absolute atomic E-state index is 0.187. The number of piperazine rings is 1.